The van der Waals surface area contributed by atoms with Crippen molar-refractivity contribution in [1.82, 2.24) is 0 Å². The normalized spacial score (nSPS) is 16.8. The average Bonchev–Trinajstić information content (AvgIpc) is 2.13. The molecule has 2 nitrogen and oxygen atoms in total. The second-order valence-corrected chi connectivity index (χ2v) is 3.17. The van der Waals surface area contributed by atoms with Gasteiger partial charge in [-0.1, -0.05) is 34.2 Å². The van der Waals surface area contributed by atoms with Crippen molar-refractivity contribution in [3.63, 3.8) is 0 Å². The van der Waals surface area contributed by atoms with Crippen LogP contribution in [0.4, 0.5) is 0 Å². The highest BCUT2D eigenvalue weighted by Crippen LogP contribution is 2.15. The van der Waals surface area contributed by atoms with E-state index in [2.05, 4.69) is 15.9 Å². The summed E-state index contributed by atoms with van der Waals surface area (Å²) in [7, 11) is 0. The predicted molar refractivity (Wildman–Crippen MR) is 46.5 cm³/mol. The first kappa shape index (κ1) is 8.27. The number of allylic oxidation sites excluding steroid dienone is 4. The molecule has 0 aromatic heterocycles. The van der Waals surface area contributed by atoms with E-state index in [1.54, 1.807) is 18.2 Å². The monoisotopic (exact) mass is 214 g/mol. The van der Waals surface area contributed by atoms with Crippen molar-refractivity contribution in [2.45, 2.75) is 6.42 Å². The van der Waals surface area contributed by atoms with Crippen molar-refractivity contribution in [3.05, 3.63) is 34.4 Å². The van der Waals surface area contributed by atoms with Crippen molar-refractivity contribution in [1.29, 1.82) is 0 Å². The van der Waals surface area contributed by atoms with Gasteiger partial charge in [-0.3, -0.25) is 0 Å². The Morgan fingerprint density at radius 3 is 2.91 bits per heavy atom. The number of rotatable bonds is 1. The molecule has 0 aromatic rings. The van der Waals surface area contributed by atoms with Crippen LogP contribution in [-0.4, -0.2) is 11.1 Å². The molecule has 0 saturated heterocycles. The summed E-state index contributed by atoms with van der Waals surface area (Å²) in [6.45, 7) is 0. The van der Waals surface area contributed by atoms with Gasteiger partial charge in [-0.15, -0.1) is 0 Å². The molecule has 1 rings (SSSR count). The molecule has 0 atom stereocenters. The summed E-state index contributed by atoms with van der Waals surface area (Å²) in [5.41, 5.74) is 0.319. The van der Waals surface area contributed by atoms with E-state index < -0.39 is 5.97 Å². The van der Waals surface area contributed by atoms with Gasteiger partial charge in [-0.2, -0.15) is 0 Å². The summed E-state index contributed by atoms with van der Waals surface area (Å²) in [5, 5.41) is 8.59. The molecule has 0 aliphatic heterocycles. The first-order chi connectivity index (χ1) is 5.20. The van der Waals surface area contributed by atoms with E-state index in [1.165, 1.54) is 0 Å². The van der Waals surface area contributed by atoms with E-state index in [-0.39, 0.29) is 0 Å². The molecule has 11 heavy (non-hydrogen) atoms. The Morgan fingerprint density at radius 1 is 1.55 bits per heavy atom. The quantitative estimate of drug-likeness (QED) is 0.728. The number of carbonyl (C=O) groups is 1. The maximum Gasteiger partial charge on any atom is 0.335 e. The molecular formula is C8H7BrO2. The molecule has 0 amide bonds. The first-order valence-electron chi connectivity index (χ1n) is 3.16. The summed E-state index contributed by atoms with van der Waals surface area (Å²) >= 11 is 3.29. The SMILES string of the molecule is O=C(O)C1=CC=C(Br)CC=C1. The number of aliphatic carboxylic acids is 1. The summed E-state index contributed by atoms with van der Waals surface area (Å²) in [5.74, 6) is -0.889. The number of carboxylic acids is 1. The van der Waals surface area contributed by atoms with Crippen molar-refractivity contribution in [3.8, 4) is 0 Å². The first-order valence-corrected chi connectivity index (χ1v) is 3.95. The molecule has 0 unspecified atom stereocenters. The molecule has 0 aromatic carbocycles. The second kappa shape index (κ2) is 3.53. The predicted octanol–water partition coefficient (Wildman–Crippen LogP) is 2.24. The molecule has 3 heteroatoms. The zero-order valence-corrected chi connectivity index (χ0v) is 7.34. The van der Waals surface area contributed by atoms with Gasteiger partial charge in [0, 0.05) is 0 Å². The number of hydrogen-bond acceptors (Lipinski definition) is 1. The Kier molecular flexibility index (Phi) is 2.65. The van der Waals surface area contributed by atoms with Gasteiger partial charge in [0.05, 0.1) is 5.57 Å². The van der Waals surface area contributed by atoms with E-state index in [0.717, 1.165) is 10.9 Å². The summed E-state index contributed by atoms with van der Waals surface area (Å²) in [6.07, 6.45) is 7.51. The van der Waals surface area contributed by atoms with Crippen molar-refractivity contribution in [2.24, 2.45) is 0 Å². The van der Waals surface area contributed by atoms with Crippen LogP contribution >= 0.6 is 15.9 Å². The fourth-order valence-electron chi connectivity index (χ4n) is 0.745. The van der Waals surface area contributed by atoms with Crippen LogP contribution in [0.25, 0.3) is 0 Å². The lowest BCUT2D eigenvalue weighted by atomic mass is 10.2. The van der Waals surface area contributed by atoms with Gasteiger partial charge in [-0.25, -0.2) is 4.79 Å². The van der Waals surface area contributed by atoms with Gasteiger partial charge in [0.2, 0.25) is 0 Å². The topological polar surface area (TPSA) is 37.3 Å². The lowest BCUT2D eigenvalue weighted by Crippen LogP contribution is -1.95. The smallest absolute Gasteiger partial charge is 0.335 e. The largest absolute Gasteiger partial charge is 0.478 e. The molecule has 0 spiro atoms. The Bertz CT molecular complexity index is 261. The molecule has 0 bridgehead atoms. The van der Waals surface area contributed by atoms with Crippen molar-refractivity contribution < 1.29 is 9.90 Å². The standard InChI is InChI=1S/C8H7BrO2/c9-7-3-1-2-6(4-5-7)8(10)11/h1-2,4-5H,3H2,(H,10,11). The summed E-state index contributed by atoms with van der Waals surface area (Å²) < 4.78 is 0.991. The molecular weight excluding hydrogens is 208 g/mol. The van der Waals surface area contributed by atoms with Crippen LogP contribution in [0.5, 0.6) is 0 Å². The van der Waals surface area contributed by atoms with Crippen LogP contribution in [0.1, 0.15) is 6.42 Å². The molecule has 58 valence electrons. The van der Waals surface area contributed by atoms with Crippen LogP contribution < -0.4 is 0 Å². The molecule has 1 aliphatic carbocycles. The van der Waals surface area contributed by atoms with Crippen LogP contribution in [0, 0.1) is 0 Å². The van der Waals surface area contributed by atoms with Gasteiger partial charge >= 0.3 is 5.97 Å². The number of hydrogen-bond donors (Lipinski definition) is 1. The van der Waals surface area contributed by atoms with Gasteiger partial charge in [-0.05, 0) is 17.0 Å². The number of carboxylic acid groups (broad SMARTS) is 1. The second-order valence-electron chi connectivity index (χ2n) is 2.15. The maximum atomic E-state index is 10.4. The van der Waals surface area contributed by atoms with Crippen LogP contribution in [0.15, 0.2) is 34.4 Å². The van der Waals surface area contributed by atoms with Gasteiger partial charge in [0.15, 0.2) is 0 Å². The zero-order chi connectivity index (χ0) is 8.27. The Balaban J connectivity index is 2.89. The molecule has 0 fully saturated rings. The summed E-state index contributed by atoms with van der Waals surface area (Å²) in [6, 6.07) is 0. The van der Waals surface area contributed by atoms with Gasteiger partial charge in [0.25, 0.3) is 0 Å². The molecule has 0 saturated carbocycles. The Morgan fingerprint density at radius 2 is 2.27 bits per heavy atom. The van der Waals surface area contributed by atoms with Crippen molar-refractivity contribution >= 4 is 21.9 Å². The van der Waals surface area contributed by atoms with E-state index in [0.29, 0.717) is 5.57 Å². The van der Waals surface area contributed by atoms with E-state index in [9.17, 15) is 4.79 Å². The van der Waals surface area contributed by atoms with Crippen LogP contribution in [0.3, 0.4) is 0 Å². The minimum atomic E-state index is -0.889. The Hall–Kier alpha value is -0.830. The maximum absolute atomic E-state index is 10.4. The van der Waals surface area contributed by atoms with Crippen LogP contribution in [-0.2, 0) is 4.79 Å². The molecule has 0 radical (unpaired) electrons. The highest BCUT2D eigenvalue weighted by atomic mass is 79.9. The van der Waals surface area contributed by atoms with E-state index in [1.807, 2.05) is 6.08 Å². The third kappa shape index (κ3) is 2.35. The molecule has 0 heterocycles. The van der Waals surface area contributed by atoms with Crippen molar-refractivity contribution in [2.75, 3.05) is 0 Å². The third-order valence-corrected chi connectivity index (χ3v) is 1.89. The summed E-state index contributed by atoms with van der Waals surface area (Å²) in [4.78, 5) is 10.4. The van der Waals surface area contributed by atoms with Gasteiger partial charge < -0.3 is 5.11 Å². The third-order valence-electron chi connectivity index (χ3n) is 1.30. The van der Waals surface area contributed by atoms with E-state index in [4.69, 9.17) is 5.11 Å². The van der Waals surface area contributed by atoms with Crippen LogP contribution in [0.2, 0.25) is 0 Å². The molecule has 1 N–H and O–H groups in total. The highest BCUT2D eigenvalue weighted by molar-refractivity contribution is 9.11. The lowest BCUT2D eigenvalue weighted by Gasteiger charge is -1.87. The fraction of sp³-hybridized carbons (Fsp3) is 0.125. The highest BCUT2D eigenvalue weighted by Gasteiger charge is 2.03. The van der Waals surface area contributed by atoms with Gasteiger partial charge in [0.1, 0.15) is 0 Å². The zero-order valence-electron chi connectivity index (χ0n) is 5.75. The number of halogens is 1. The average molecular weight is 215 g/mol. The fourth-order valence-corrected chi connectivity index (χ4v) is 1.06. The lowest BCUT2D eigenvalue weighted by molar-refractivity contribution is -0.132. The van der Waals surface area contributed by atoms with E-state index >= 15 is 0 Å². The molecule has 1 aliphatic rings. The minimum absolute atomic E-state index is 0.319. The minimum Gasteiger partial charge on any atom is -0.478 e. The Labute approximate surface area is 73.0 Å².